The number of nitrogens with zero attached hydrogens (tertiary/aromatic N) is 2. The SMILES string of the molecule is CCCCC1CCC(COc2ccccc2-c2cnc(CCC)cn2)CC1. The molecule has 1 aromatic carbocycles. The van der Waals surface area contributed by atoms with Gasteiger partial charge in [-0.3, -0.25) is 9.97 Å². The van der Waals surface area contributed by atoms with Crippen molar-refractivity contribution in [3.8, 4) is 17.0 Å². The molecule has 0 bridgehead atoms. The molecule has 1 saturated carbocycles. The van der Waals surface area contributed by atoms with Gasteiger partial charge in [0.25, 0.3) is 0 Å². The van der Waals surface area contributed by atoms with Crippen LogP contribution in [0.5, 0.6) is 5.75 Å². The Morgan fingerprint density at radius 1 is 0.926 bits per heavy atom. The van der Waals surface area contributed by atoms with E-state index in [1.807, 2.05) is 24.5 Å². The van der Waals surface area contributed by atoms with Crippen molar-refractivity contribution in [3.63, 3.8) is 0 Å². The van der Waals surface area contributed by atoms with Crippen LogP contribution in [0.15, 0.2) is 36.7 Å². The van der Waals surface area contributed by atoms with Gasteiger partial charge in [0.15, 0.2) is 0 Å². The van der Waals surface area contributed by atoms with E-state index in [4.69, 9.17) is 4.74 Å². The second-order valence-electron chi connectivity index (χ2n) is 7.98. The quantitative estimate of drug-likeness (QED) is 0.510. The summed E-state index contributed by atoms with van der Waals surface area (Å²) in [4.78, 5) is 9.17. The van der Waals surface area contributed by atoms with Crippen LogP contribution in [0, 0.1) is 11.8 Å². The van der Waals surface area contributed by atoms with Gasteiger partial charge in [-0.2, -0.15) is 0 Å². The number of ether oxygens (including phenoxy) is 1. The molecule has 3 nitrogen and oxygen atoms in total. The predicted molar refractivity (Wildman–Crippen MR) is 112 cm³/mol. The topological polar surface area (TPSA) is 35.0 Å². The maximum Gasteiger partial charge on any atom is 0.128 e. The van der Waals surface area contributed by atoms with Gasteiger partial charge in [0.2, 0.25) is 0 Å². The second-order valence-corrected chi connectivity index (χ2v) is 7.98. The van der Waals surface area contributed by atoms with Crippen molar-refractivity contribution >= 4 is 0 Å². The van der Waals surface area contributed by atoms with E-state index in [0.717, 1.165) is 48.1 Å². The molecule has 27 heavy (non-hydrogen) atoms. The monoisotopic (exact) mass is 366 g/mol. The molecule has 1 fully saturated rings. The molecule has 0 atom stereocenters. The lowest BCUT2D eigenvalue weighted by molar-refractivity contribution is 0.178. The van der Waals surface area contributed by atoms with E-state index in [1.54, 1.807) is 0 Å². The summed E-state index contributed by atoms with van der Waals surface area (Å²) < 4.78 is 6.26. The van der Waals surface area contributed by atoms with Gasteiger partial charge in [0, 0.05) is 11.8 Å². The van der Waals surface area contributed by atoms with E-state index in [9.17, 15) is 0 Å². The highest BCUT2D eigenvalue weighted by Gasteiger charge is 2.21. The number of unbranched alkanes of at least 4 members (excludes halogenated alkanes) is 1. The first kappa shape index (κ1) is 19.9. The van der Waals surface area contributed by atoms with E-state index >= 15 is 0 Å². The Bertz CT molecular complexity index is 675. The minimum atomic E-state index is 0.689. The summed E-state index contributed by atoms with van der Waals surface area (Å²) in [6, 6.07) is 8.23. The van der Waals surface area contributed by atoms with Crippen molar-refractivity contribution in [2.45, 2.75) is 71.6 Å². The Morgan fingerprint density at radius 3 is 2.41 bits per heavy atom. The number of para-hydroxylation sites is 1. The zero-order valence-electron chi connectivity index (χ0n) is 17.0. The lowest BCUT2D eigenvalue weighted by atomic mass is 9.80. The lowest BCUT2D eigenvalue weighted by Gasteiger charge is -2.28. The lowest BCUT2D eigenvalue weighted by Crippen LogP contribution is -2.20. The Morgan fingerprint density at radius 2 is 1.70 bits per heavy atom. The highest BCUT2D eigenvalue weighted by Crippen LogP contribution is 2.33. The second kappa shape index (κ2) is 10.4. The average molecular weight is 367 g/mol. The zero-order valence-corrected chi connectivity index (χ0v) is 17.0. The smallest absolute Gasteiger partial charge is 0.128 e. The van der Waals surface area contributed by atoms with Gasteiger partial charge >= 0.3 is 0 Å². The first-order valence-corrected chi connectivity index (χ1v) is 10.8. The van der Waals surface area contributed by atoms with E-state index in [-0.39, 0.29) is 0 Å². The minimum Gasteiger partial charge on any atom is -0.493 e. The summed E-state index contributed by atoms with van der Waals surface area (Å²) in [6.45, 7) is 5.27. The summed E-state index contributed by atoms with van der Waals surface area (Å²) >= 11 is 0. The van der Waals surface area contributed by atoms with Crippen molar-refractivity contribution in [1.82, 2.24) is 9.97 Å². The number of aryl methyl sites for hydroxylation is 1. The van der Waals surface area contributed by atoms with Crippen LogP contribution in [0.2, 0.25) is 0 Å². The van der Waals surface area contributed by atoms with Crippen molar-refractivity contribution in [3.05, 3.63) is 42.4 Å². The molecule has 3 heteroatoms. The fraction of sp³-hybridized carbons (Fsp3) is 0.583. The summed E-state index contributed by atoms with van der Waals surface area (Å²) in [5.41, 5.74) is 3.00. The molecule has 1 aliphatic carbocycles. The van der Waals surface area contributed by atoms with Crippen LogP contribution >= 0.6 is 0 Å². The molecular formula is C24H34N2O. The zero-order chi connectivity index (χ0) is 18.9. The fourth-order valence-corrected chi connectivity index (χ4v) is 4.07. The summed E-state index contributed by atoms with van der Waals surface area (Å²) in [7, 11) is 0. The van der Waals surface area contributed by atoms with Crippen LogP contribution in [-0.2, 0) is 6.42 Å². The third-order valence-electron chi connectivity index (χ3n) is 5.78. The summed E-state index contributed by atoms with van der Waals surface area (Å²) in [6.07, 6.45) is 15.3. The molecule has 0 amide bonds. The van der Waals surface area contributed by atoms with E-state index in [2.05, 4.69) is 35.9 Å². The average Bonchev–Trinajstić information content (AvgIpc) is 2.72. The van der Waals surface area contributed by atoms with Crippen LogP contribution in [0.25, 0.3) is 11.3 Å². The molecule has 1 heterocycles. The number of hydrogen-bond donors (Lipinski definition) is 0. The molecule has 2 aromatic rings. The highest BCUT2D eigenvalue weighted by atomic mass is 16.5. The van der Waals surface area contributed by atoms with Crippen LogP contribution < -0.4 is 4.74 Å². The van der Waals surface area contributed by atoms with Crippen molar-refractivity contribution < 1.29 is 4.74 Å². The molecule has 3 rings (SSSR count). The van der Waals surface area contributed by atoms with Crippen LogP contribution in [0.3, 0.4) is 0 Å². The Kier molecular flexibility index (Phi) is 7.67. The van der Waals surface area contributed by atoms with Gasteiger partial charge in [-0.1, -0.05) is 64.5 Å². The molecule has 146 valence electrons. The highest BCUT2D eigenvalue weighted by molar-refractivity contribution is 5.66. The largest absolute Gasteiger partial charge is 0.493 e. The van der Waals surface area contributed by atoms with Crippen LogP contribution in [-0.4, -0.2) is 16.6 Å². The number of rotatable bonds is 9. The van der Waals surface area contributed by atoms with Gasteiger partial charge in [-0.05, 0) is 43.2 Å². The molecule has 0 saturated heterocycles. The normalized spacial score (nSPS) is 19.8. The molecule has 0 unspecified atom stereocenters. The molecule has 0 N–H and O–H groups in total. The number of hydrogen-bond acceptors (Lipinski definition) is 3. The minimum absolute atomic E-state index is 0.689. The third-order valence-corrected chi connectivity index (χ3v) is 5.78. The predicted octanol–water partition coefficient (Wildman–Crippen LogP) is 6.47. The standard InChI is InChI=1S/C24H34N2O/c1-3-5-9-19-12-14-20(15-13-19)18-27-24-11-7-6-10-22(24)23-17-25-21(8-4-2)16-26-23/h6-7,10-11,16-17,19-20H,3-5,8-9,12-15,18H2,1-2H3. The maximum atomic E-state index is 6.26. The number of aromatic nitrogens is 2. The van der Waals surface area contributed by atoms with Crippen molar-refractivity contribution in [2.75, 3.05) is 6.61 Å². The van der Waals surface area contributed by atoms with Gasteiger partial charge < -0.3 is 4.74 Å². The fourth-order valence-electron chi connectivity index (χ4n) is 4.07. The third kappa shape index (κ3) is 5.79. The van der Waals surface area contributed by atoms with Crippen LogP contribution in [0.4, 0.5) is 0 Å². The van der Waals surface area contributed by atoms with Crippen molar-refractivity contribution in [2.24, 2.45) is 11.8 Å². The maximum absolute atomic E-state index is 6.26. The van der Waals surface area contributed by atoms with E-state index in [1.165, 1.54) is 44.9 Å². The molecule has 0 spiro atoms. The van der Waals surface area contributed by atoms with Gasteiger partial charge in [0.05, 0.1) is 24.2 Å². The summed E-state index contributed by atoms with van der Waals surface area (Å²) in [5.74, 6) is 2.57. The van der Waals surface area contributed by atoms with Crippen molar-refractivity contribution in [1.29, 1.82) is 0 Å². The molecule has 1 aromatic heterocycles. The summed E-state index contributed by atoms with van der Waals surface area (Å²) in [5, 5.41) is 0. The first-order chi connectivity index (χ1) is 13.3. The molecule has 0 aliphatic heterocycles. The van der Waals surface area contributed by atoms with E-state index < -0.39 is 0 Å². The Hall–Kier alpha value is -1.90. The Labute approximate surface area is 164 Å². The first-order valence-electron chi connectivity index (χ1n) is 10.8. The van der Waals surface area contributed by atoms with E-state index in [0.29, 0.717) is 5.92 Å². The van der Waals surface area contributed by atoms with Gasteiger partial charge in [-0.15, -0.1) is 0 Å². The number of benzene rings is 1. The van der Waals surface area contributed by atoms with Gasteiger partial charge in [-0.25, -0.2) is 0 Å². The molecule has 1 aliphatic rings. The molecule has 0 radical (unpaired) electrons. The van der Waals surface area contributed by atoms with Gasteiger partial charge in [0.1, 0.15) is 5.75 Å². The molecular weight excluding hydrogens is 332 g/mol. The Balaban J connectivity index is 1.57. The van der Waals surface area contributed by atoms with Crippen LogP contribution in [0.1, 0.15) is 70.9 Å².